The Labute approximate surface area is 158 Å². The molecule has 3 atom stereocenters. The van der Waals surface area contributed by atoms with Gasteiger partial charge in [-0.2, -0.15) is 0 Å². The lowest BCUT2D eigenvalue weighted by molar-refractivity contribution is 0.0695. The number of pyridine rings is 1. The second kappa shape index (κ2) is 5.66. The van der Waals surface area contributed by atoms with Crippen LogP contribution in [-0.2, 0) is 0 Å². The van der Waals surface area contributed by atoms with Crippen molar-refractivity contribution in [2.75, 3.05) is 23.7 Å². The number of anilines is 2. The number of carboxylic acid groups (broad SMARTS) is 1. The van der Waals surface area contributed by atoms with E-state index in [-0.39, 0.29) is 23.3 Å². The quantitative estimate of drug-likeness (QED) is 0.687. The third-order valence-corrected chi connectivity index (χ3v) is 6.26. The topological polar surface area (TPSA) is 115 Å². The molecule has 1 aliphatic heterocycles. The predicted octanol–water partition coefficient (Wildman–Crippen LogP) is 1.68. The minimum Gasteiger partial charge on any atom is -0.477 e. The van der Waals surface area contributed by atoms with Crippen molar-refractivity contribution in [1.82, 2.24) is 4.57 Å². The Bertz CT molecular complexity index is 1100. The van der Waals surface area contributed by atoms with Gasteiger partial charge >= 0.3 is 5.97 Å². The van der Waals surface area contributed by atoms with Gasteiger partial charge in [0.25, 0.3) is 0 Å². The molecule has 1 aromatic heterocycles. The minimum absolute atomic E-state index is 0.127. The molecule has 1 saturated heterocycles. The van der Waals surface area contributed by atoms with Gasteiger partial charge in [0.2, 0.25) is 5.43 Å². The van der Waals surface area contributed by atoms with E-state index in [9.17, 15) is 14.7 Å². The lowest BCUT2D eigenvalue weighted by atomic mass is 10.0. The number of hydrogen-bond donors (Lipinski definition) is 3. The average molecular weight is 390 g/mol. The third-order valence-electron chi connectivity index (χ3n) is 6.26. The summed E-state index contributed by atoms with van der Waals surface area (Å²) in [6, 6.07) is -0.306. The van der Waals surface area contributed by atoms with Crippen molar-refractivity contribution < 1.29 is 18.7 Å². The molecule has 28 heavy (non-hydrogen) atoms. The van der Waals surface area contributed by atoms with Crippen LogP contribution < -0.4 is 21.8 Å². The molecule has 3 unspecified atom stereocenters. The van der Waals surface area contributed by atoms with Crippen LogP contribution in [0.4, 0.5) is 20.2 Å². The SMILES string of the molecule is Nc1c(F)c(N2CC(N)C3CC3C2)c(F)c2c1c(=O)c(C(=O)O)cn2C1CC1. The molecule has 7 nitrogen and oxygen atoms in total. The number of piperidine rings is 1. The smallest absolute Gasteiger partial charge is 0.341 e. The van der Waals surface area contributed by atoms with E-state index < -0.39 is 39.7 Å². The molecule has 2 saturated carbocycles. The fraction of sp³-hybridized carbons (Fsp3) is 0.474. The molecule has 1 aromatic carbocycles. The summed E-state index contributed by atoms with van der Waals surface area (Å²) >= 11 is 0. The van der Waals surface area contributed by atoms with Crippen LogP contribution in [0.2, 0.25) is 0 Å². The van der Waals surface area contributed by atoms with E-state index in [0.717, 1.165) is 25.5 Å². The Morgan fingerprint density at radius 3 is 2.54 bits per heavy atom. The number of nitrogen functional groups attached to an aromatic ring is 1. The first-order chi connectivity index (χ1) is 13.3. The summed E-state index contributed by atoms with van der Waals surface area (Å²) in [7, 11) is 0. The molecule has 0 amide bonds. The first kappa shape index (κ1) is 17.4. The van der Waals surface area contributed by atoms with Gasteiger partial charge in [-0.3, -0.25) is 4.79 Å². The van der Waals surface area contributed by atoms with Gasteiger partial charge in [0.15, 0.2) is 11.6 Å². The number of nitrogens with zero attached hydrogens (tertiary/aromatic N) is 2. The first-order valence-electron chi connectivity index (χ1n) is 9.38. The standard InChI is InChI=1S/C19H20F2N4O3/c20-13-15(23)12-16(25(8-1-2-8)5-10(18(12)26)19(27)28)14(21)17(13)24-4-7-3-9(7)11(22)6-24/h5,7-9,11H,1-4,6,22-23H2,(H,27,28). The van der Waals surface area contributed by atoms with Gasteiger partial charge in [-0.05, 0) is 31.1 Å². The third kappa shape index (κ3) is 2.35. The summed E-state index contributed by atoms with van der Waals surface area (Å²) in [4.78, 5) is 25.7. The van der Waals surface area contributed by atoms with Crippen molar-refractivity contribution in [1.29, 1.82) is 0 Å². The van der Waals surface area contributed by atoms with E-state index >= 15 is 8.78 Å². The summed E-state index contributed by atoms with van der Waals surface area (Å²) in [6.07, 6.45) is 3.54. The molecular weight excluding hydrogens is 370 g/mol. The van der Waals surface area contributed by atoms with Gasteiger partial charge in [-0.25, -0.2) is 13.6 Å². The molecular formula is C19H20F2N4O3. The number of fused-ring (bicyclic) bond motifs is 2. The predicted molar refractivity (Wildman–Crippen MR) is 99.6 cm³/mol. The van der Waals surface area contributed by atoms with E-state index in [1.54, 1.807) is 4.90 Å². The zero-order valence-electron chi connectivity index (χ0n) is 15.0. The number of carbonyl (C=O) groups is 1. The summed E-state index contributed by atoms with van der Waals surface area (Å²) in [6.45, 7) is 0.791. The highest BCUT2D eigenvalue weighted by atomic mass is 19.1. The molecule has 5 N–H and O–H groups in total. The Balaban J connectivity index is 1.80. The highest BCUT2D eigenvalue weighted by molar-refractivity contribution is 5.99. The van der Waals surface area contributed by atoms with Crippen LogP contribution >= 0.6 is 0 Å². The van der Waals surface area contributed by atoms with Crippen molar-refractivity contribution in [3.8, 4) is 0 Å². The number of nitrogens with two attached hydrogens (primary N) is 2. The molecule has 3 aliphatic rings. The van der Waals surface area contributed by atoms with E-state index in [0.29, 0.717) is 24.9 Å². The molecule has 148 valence electrons. The minimum atomic E-state index is -1.45. The lowest BCUT2D eigenvalue weighted by Gasteiger charge is -2.33. The average Bonchev–Trinajstić information content (AvgIpc) is 3.52. The Hall–Kier alpha value is -2.68. The molecule has 2 aliphatic carbocycles. The summed E-state index contributed by atoms with van der Waals surface area (Å²) in [5.74, 6) is -2.66. The zero-order chi connectivity index (χ0) is 19.9. The van der Waals surface area contributed by atoms with Crippen LogP contribution in [0.25, 0.3) is 10.9 Å². The number of rotatable bonds is 3. The fourth-order valence-corrected chi connectivity index (χ4v) is 4.56. The molecule has 5 rings (SSSR count). The normalized spacial score (nSPS) is 26.4. The second-order valence-corrected chi connectivity index (χ2v) is 8.16. The van der Waals surface area contributed by atoms with Gasteiger partial charge < -0.3 is 26.0 Å². The van der Waals surface area contributed by atoms with Gasteiger partial charge in [-0.1, -0.05) is 0 Å². The molecule has 0 radical (unpaired) electrons. The number of halogens is 2. The van der Waals surface area contributed by atoms with Crippen LogP contribution in [0.3, 0.4) is 0 Å². The highest BCUT2D eigenvalue weighted by Crippen LogP contribution is 2.47. The van der Waals surface area contributed by atoms with Crippen LogP contribution in [0.1, 0.15) is 35.7 Å². The fourth-order valence-electron chi connectivity index (χ4n) is 4.56. The Morgan fingerprint density at radius 2 is 1.93 bits per heavy atom. The summed E-state index contributed by atoms with van der Waals surface area (Å²) in [5, 5.41) is 8.93. The van der Waals surface area contributed by atoms with Gasteiger partial charge in [-0.15, -0.1) is 0 Å². The van der Waals surface area contributed by atoms with E-state index in [2.05, 4.69) is 0 Å². The molecule has 9 heteroatoms. The van der Waals surface area contributed by atoms with Crippen molar-refractivity contribution in [2.45, 2.75) is 31.3 Å². The number of carboxylic acids is 1. The van der Waals surface area contributed by atoms with Crippen molar-refractivity contribution in [2.24, 2.45) is 17.6 Å². The van der Waals surface area contributed by atoms with E-state index in [1.165, 1.54) is 4.57 Å². The van der Waals surface area contributed by atoms with Crippen LogP contribution in [0, 0.1) is 23.5 Å². The van der Waals surface area contributed by atoms with Crippen molar-refractivity contribution in [3.05, 3.63) is 33.6 Å². The van der Waals surface area contributed by atoms with Gasteiger partial charge in [0.05, 0.1) is 16.6 Å². The second-order valence-electron chi connectivity index (χ2n) is 8.16. The Morgan fingerprint density at radius 1 is 1.21 bits per heavy atom. The first-order valence-corrected chi connectivity index (χ1v) is 9.38. The highest BCUT2D eigenvalue weighted by Gasteiger charge is 2.47. The van der Waals surface area contributed by atoms with Crippen molar-refractivity contribution in [3.63, 3.8) is 0 Å². The van der Waals surface area contributed by atoms with E-state index in [4.69, 9.17) is 11.5 Å². The van der Waals surface area contributed by atoms with Crippen LogP contribution in [0.5, 0.6) is 0 Å². The zero-order valence-corrected chi connectivity index (χ0v) is 15.0. The van der Waals surface area contributed by atoms with Crippen molar-refractivity contribution >= 4 is 28.2 Å². The van der Waals surface area contributed by atoms with Gasteiger partial charge in [0.1, 0.15) is 11.3 Å². The van der Waals surface area contributed by atoms with Gasteiger partial charge in [0, 0.05) is 31.4 Å². The molecule has 2 aromatic rings. The number of hydrogen-bond acceptors (Lipinski definition) is 5. The van der Waals surface area contributed by atoms with Crippen LogP contribution in [0.15, 0.2) is 11.0 Å². The molecule has 2 heterocycles. The number of aromatic nitrogens is 1. The molecule has 3 fully saturated rings. The lowest BCUT2D eigenvalue weighted by Crippen LogP contribution is -2.45. The number of aromatic carboxylic acids is 1. The molecule has 0 bridgehead atoms. The summed E-state index contributed by atoms with van der Waals surface area (Å²) in [5.41, 5.74) is 9.62. The number of benzene rings is 1. The van der Waals surface area contributed by atoms with E-state index in [1.807, 2.05) is 0 Å². The maximum Gasteiger partial charge on any atom is 0.341 e. The maximum atomic E-state index is 15.6. The maximum absolute atomic E-state index is 15.6. The largest absolute Gasteiger partial charge is 0.477 e. The van der Waals surface area contributed by atoms with Crippen LogP contribution in [-0.4, -0.2) is 34.8 Å². The summed E-state index contributed by atoms with van der Waals surface area (Å²) < 4.78 is 32.2. The monoisotopic (exact) mass is 390 g/mol. The Kier molecular flexibility index (Phi) is 3.52. The molecule has 0 spiro atoms.